The average Bonchev–Trinajstić information content (AvgIpc) is 2.60. The molecule has 5 nitrogen and oxygen atoms in total. The summed E-state index contributed by atoms with van der Waals surface area (Å²) >= 11 is 0. The summed E-state index contributed by atoms with van der Waals surface area (Å²) in [6.07, 6.45) is -2.93. The van der Waals surface area contributed by atoms with Crippen molar-refractivity contribution in [3.63, 3.8) is 0 Å². The first-order chi connectivity index (χ1) is 13.0. The number of nitrogens with zero attached hydrogens (tertiary/aromatic N) is 1. The molecule has 1 N–H and O–H groups in total. The summed E-state index contributed by atoms with van der Waals surface area (Å²) < 4.78 is 43.1. The highest BCUT2D eigenvalue weighted by Gasteiger charge is 2.31. The van der Waals surface area contributed by atoms with E-state index in [2.05, 4.69) is 5.32 Å². The van der Waals surface area contributed by atoms with Crippen LogP contribution in [0.5, 0.6) is 0 Å². The number of rotatable bonds is 4. The van der Waals surface area contributed by atoms with Crippen LogP contribution in [-0.2, 0) is 22.1 Å². The van der Waals surface area contributed by atoms with E-state index in [-0.39, 0.29) is 11.8 Å². The Bertz CT molecular complexity index is 681. The molecule has 1 unspecified atom stereocenters. The van der Waals surface area contributed by atoms with Gasteiger partial charge < -0.3 is 15.0 Å². The molecule has 2 amide bonds. The van der Waals surface area contributed by atoms with Gasteiger partial charge in [-0.05, 0) is 57.7 Å². The molecule has 1 atom stereocenters. The maximum absolute atomic E-state index is 12.6. The van der Waals surface area contributed by atoms with Gasteiger partial charge in [-0.15, -0.1) is 0 Å². The van der Waals surface area contributed by atoms with Crippen LogP contribution in [0.25, 0.3) is 0 Å². The Morgan fingerprint density at radius 2 is 1.82 bits per heavy atom. The second kappa shape index (κ2) is 8.84. The van der Waals surface area contributed by atoms with Gasteiger partial charge >= 0.3 is 12.3 Å². The molecular formula is C20H27F3N2O3. The lowest BCUT2D eigenvalue weighted by Gasteiger charge is -2.33. The number of piperidine rings is 1. The van der Waals surface area contributed by atoms with Gasteiger partial charge in [-0.1, -0.05) is 12.1 Å². The fourth-order valence-corrected chi connectivity index (χ4v) is 3.02. The predicted molar refractivity (Wildman–Crippen MR) is 98.7 cm³/mol. The lowest BCUT2D eigenvalue weighted by Crippen LogP contribution is -2.47. The molecule has 1 heterocycles. The molecule has 1 aromatic rings. The summed E-state index contributed by atoms with van der Waals surface area (Å²) in [4.78, 5) is 26.1. The molecule has 1 saturated heterocycles. The Morgan fingerprint density at radius 3 is 2.39 bits per heavy atom. The third kappa shape index (κ3) is 6.73. The van der Waals surface area contributed by atoms with Crippen LogP contribution in [0.2, 0.25) is 0 Å². The SMILES string of the molecule is CC(C)(C)OC(=O)N1CCCC(C(=O)NCCc2ccc(C(F)(F)F)cc2)C1. The van der Waals surface area contributed by atoms with E-state index in [4.69, 9.17) is 4.74 Å². The first-order valence-electron chi connectivity index (χ1n) is 9.37. The zero-order chi connectivity index (χ0) is 20.9. The second-order valence-electron chi connectivity index (χ2n) is 8.00. The number of carbonyl (C=O) groups is 2. The number of likely N-dealkylation sites (tertiary alicyclic amines) is 1. The van der Waals surface area contributed by atoms with Crippen LogP contribution in [-0.4, -0.2) is 42.1 Å². The lowest BCUT2D eigenvalue weighted by atomic mass is 9.97. The van der Waals surface area contributed by atoms with Crippen LogP contribution < -0.4 is 5.32 Å². The molecule has 0 saturated carbocycles. The maximum Gasteiger partial charge on any atom is 0.416 e. The molecule has 1 aliphatic rings. The minimum Gasteiger partial charge on any atom is -0.444 e. The molecule has 1 fully saturated rings. The third-order valence-corrected chi connectivity index (χ3v) is 4.44. The molecule has 0 aromatic heterocycles. The van der Waals surface area contributed by atoms with Crippen molar-refractivity contribution in [2.75, 3.05) is 19.6 Å². The summed E-state index contributed by atoms with van der Waals surface area (Å²) in [6.45, 7) is 6.57. The van der Waals surface area contributed by atoms with Crippen molar-refractivity contribution < 1.29 is 27.5 Å². The second-order valence-corrected chi connectivity index (χ2v) is 8.00. The van der Waals surface area contributed by atoms with Gasteiger partial charge in [-0.3, -0.25) is 4.79 Å². The maximum atomic E-state index is 12.6. The topological polar surface area (TPSA) is 58.6 Å². The highest BCUT2D eigenvalue weighted by atomic mass is 19.4. The van der Waals surface area contributed by atoms with E-state index >= 15 is 0 Å². The molecule has 28 heavy (non-hydrogen) atoms. The van der Waals surface area contributed by atoms with E-state index in [1.54, 1.807) is 25.7 Å². The van der Waals surface area contributed by atoms with Gasteiger partial charge in [0, 0.05) is 19.6 Å². The molecular weight excluding hydrogens is 373 g/mol. The number of hydrogen-bond acceptors (Lipinski definition) is 3. The molecule has 0 spiro atoms. The fourth-order valence-electron chi connectivity index (χ4n) is 3.02. The molecule has 0 bridgehead atoms. The Balaban J connectivity index is 1.80. The molecule has 1 aromatic carbocycles. The van der Waals surface area contributed by atoms with E-state index < -0.39 is 23.4 Å². The minimum absolute atomic E-state index is 0.153. The zero-order valence-electron chi connectivity index (χ0n) is 16.4. The molecule has 0 aliphatic carbocycles. The van der Waals surface area contributed by atoms with Crippen LogP contribution in [0.15, 0.2) is 24.3 Å². The van der Waals surface area contributed by atoms with Crippen LogP contribution >= 0.6 is 0 Å². The molecule has 2 rings (SSSR count). The number of ether oxygens (including phenoxy) is 1. The van der Waals surface area contributed by atoms with Crippen LogP contribution in [0.4, 0.5) is 18.0 Å². The largest absolute Gasteiger partial charge is 0.444 e. The molecule has 156 valence electrons. The lowest BCUT2D eigenvalue weighted by molar-refractivity contribution is -0.137. The summed E-state index contributed by atoms with van der Waals surface area (Å²) in [5.74, 6) is -0.464. The molecule has 8 heteroatoms. The van der Waals surface area contributed by atoms with Crippen molar-refractivity contribution >= 4 is 12.0 Å². The zero-order valence-corrected chi connectivity index (χ0v) is 16.4. The van der Waals surface area contributed by atoms with Gasteiger partial charge in [0.05, 0.1) is 11.5 Å². The summed E-state index contributed by atoms with van der Waals surface area (Å²) in [6, 6.07) is 4.91. The Hall–Kier alpha value is -2.25. The Labute approximate surface area is 163 Å². The third-order valence-electron chi connectivity index (χ3n) is 4.44. The van der Waals surface area contributed by atoms with Crippen molar-refractivity contribution in [1.82, 2.24) is 10.2 Å². The van der Waals surface area contributed by atoms with Crippen LogP contribution in [0, 0.1) is 5.92 Å². The monoisotopic (exact) mass is 400 g/mol. The van der Waals surface area contributed by atoms with Gasteiger partial charge in [-0.2, -0.15) is 13.2 Å². The Morgan fingerprint density at radius 1 is 1.18 bits per heavy atom. The number of halogens is 3. The molecule has 0 radical (unpaired) electrons. The smallest absolute Gasteiger partial charge is 0.416 e. The Kier molecular flexibility index (Phi) is 6.96. The van der Waals surface area contributed by atoms with Crippen molar-refractivity contribution in [3.05, 3.63) is 35.4 Å². The first-order valence-corrected chi connectivity index (χ1v) is 9.37. The quantitative estimate of drug-likeness (QED) is 0.831. The minimum atomic E-state index is -4.35. The number of alkyl halides is 3. The van der Waals surface area contributed by atoms with Crippen LogP contribution in [0.1, 0.15) is 44.7 Å². The number of carbonyl (C=O) groups excluding carboxylic acids is 2. The van der Waals surface area contributed by atoms with Crippen molar-refractivity contribution in [3.8, 4) is 0 Å². The van der Waals surface area contributed by atoms with E-state index in [1.165, 1.54) is 12.1 Å². The molecule has 1 aliphatic heterocycles. The van der Waals surface area contributed by atoms with Crippen molar-refractivity contribution in [2.45, 2.75) is 51.8 Å². The van der Waals surface area contributed by atoms with Crippen molar-refractivity contribution in [1.29, 1.82) is 0 Å². The van der Waals surface area contributed by atoms with E-state index in [9.17, 15) is 22.8 Å². The van der Waals surface area contributed by atoms with Gasteiger partial charge in [0.15, 0.2) is 0 Å². The number of hydrogen-bond donors (Lipinski definition) is 1. The first kappa shape index (κ1) is 22.0. The van der Waals surface area contributed by atoms with Crippen molar-refractivity contribution in [2.24, 2.45) is 5.92 Å². The average molecular weight is 400 g/mol. The van der Waals surface area contributed by atoms with Crippen LogP contribution in [0.3, 0.4) is 0 Å². The van der Waals surface area contributed by atoms with Gasteiger partial charge in [0.1, 0.15) is 5.60 Å². The standard InChI is InChI=1S/C20H27F3N2O3/c1-19(2,3)28-18(27)25-12-4-5-15(13-25)17(26)24-11-10-14-6-8-16(9-7-14)20(21,22)23/h6-9,15H,4-5,10-13H2,1-3H3,(H,24,26). The summed E-state index contributed by atoms with van der Waals surface area (Å²) in [5, 5.41) is 2.81. The predicted octanol–water partition coefficient (Wildman–Crippen LogP) is 4.01. The van der Waals surface area contributed by atoms with E-state index in [0.717, 1.165) is 18.6 Å². The normalized spacial score (nSPS) is 17.9. The number of amides is 2. The highest BCUT2D eigenvalue weighted by molar-refractivity contribution is 5.80. The van der Waals surface area contributed by atoms with E-state index in [1.807, 2.05) is 0 Å². The fraction of sp³-hybridized carbons (Fsp3) is 0.600. The summed E-state index contributed by atoms with van der Waals surface area (Å²) in [5.41, 5.74) is -0.564. The summed E-state index contributed by atoms with van der Waals surface area (Å²) in [7, 11) is 0. The van der Waals surface area contributed by atoms with Gasteiger partial charge in [0.25, 0.3) is 0 Å². The van der Waals surface area contributed by atoms with Gasteiger partial charge in [-0.25, -0.2) is 4.79 Å². The number of benzene rings is 1. The highest BCUT2D eigenvalue weighted by Crippen LogP contribution is 2.29. The van der Waals surface area contributed by atoms with E-state index in [0.29, 0.717) is 38.0 Å². The number of nitrogens with one attached hydrogen (secondary N) is 1. The van der Waals surface area contributed by atoms with Gasteiger partial charge in [0.2, 0.25) is 5.91 Å².